The standard InChI is InChI=1S/C8H11Cl2N3/c9-3-1-6-5-7(11)8(2-4-10)13-12-6/h5H,1-4H2,(H2,11,12). The molecule has 0 aromatic carbocycles. The molecule has 1 aromatic heterocycles. The van der Waals surface area contributed by atoms with Crippen molar-refractivity contribution in [1.82, 2.24) is 10.2 Å². The third-order valence-electron chi connectivity index (χ3n) is 1.64. The van der Waals surface area contributed by atoms with Crippen LogP contribution >= 0.6 is 23.2 Å². The van der Waals surface area contributed by atoms with E-state index in [1.54, 1.807) is 6.07 Å². The average Bonchev–Trinajstić information content (AvgIpc) is 2.10. The molecule has 0 fully saturated rings. The maximum Gasteiger partial charge on any atom is 0.0871 e. The predicted molar refractivity (Wildman–Crippen MR) is 55.3 cm³/mol. The molecule has 1 heterocycles. The van der Waals surface area contributed by atoms with Crippen LogP contribution in [0.25, 0.3) is 0 Å². The first kappa shape index (κ1) is 10.5. The van der Waals surface area contributed by atoms with Crippen molar-refractivity contribution in [2.24, 2.45) is 0 Å². The summed E-state index contributed by atoms with van der Waals surface area (Å²) < 4.78 is 0. The zero-order chi connectivity index (χ0) is 9.68. The Morgan fingerprint density at radius 2 is 1.85 bits per heavy atom. The minimum absolute atomic E-state index is 0.508. The van der Waals surface area contributed by atoms with Crippen LogP contribution in [0.15, 0.2) is 6.07 Å². The van der Waals surface area contributed by atoms with E-state index >= 15 is 0 Å². The minimum atomic E-state index is 0.508. The summed E-state index contributed by atoms with van der Waals surface area (Å²) in [5, 5.41) is 7.94. The fraction of sp³-hybridized carbons (Fsp3) is 0.500. The lowest BCUT2D eigenvalue weighted by Gasteiger charge is -2.03. The van der Waals surface area contributed by atoms with Crippen molar-refractivity contribution in [3.8, 4) is 0 Å². The lowest BCUT2D eigenvalue weighted by molar-refractivity contribution is 0.869. The number of nitrogens with zero attached hydrogens (tertiary/aromatic N) is 2. The molecule has 0 spiro atoms. The average molecular weight is 220 g/mol. The fourth-order valence-electron chi connectivity index (χ4n) is 0.977. The van der Waals surface area contributed by atoms with E-state index in [0.29, 0.717) is 30.3 Å². The molecule has 2 N–H and O–H groups in total. The van der Waals surface area contributed by atoms with E-state index in [1.807, 2.05) is 0 Å². The van der Waals surface area contributed by atoms with Gasteiger partial charge in [-0.3, -0.25) is 0 Å². The highest BCUT2D eigenvalue weighted by molar-refractivity contribution is 6.18. The Kier molecular flexibility index (Phi) is 4.25. The number of aromatic nitrogens is 2. The number of nitrogen functional groups attached to an aromatic ring is 1. The van der Waals surface area contributed by atoms with Crippen LogP contribution in [0.3, 0.4) is 0 Å². The van der Waals surface area contributed by atoms with Gasteiger partial charge in [0, 0.05) is 24.6 Å². The zero-order valence-electron chi connectivity index (χ0n) is 7.13. The Hall–Kier alpha value is -0.540. The van der Waals surface area contributed by atoms with Gasteiger partial charge in [0.1, 0.15) is 0 Å². The van der Waals surface area contributed by atoms with E-state index in [9.17, 15) is 0 Å². The van der Waals surface area contributed by atoms with E-state index in [4.69, 9.17) is 28.9 Å². The highest BCUT2D eigenvalue weighted by Gasteiger charge is 2.03. The van der Waals surface area contributed by atoms with Crippen LogP contribution in [-0.4, -0.2) is 22.0 Å². The second-order valence-electron chi connectivity index (χ2n) is 2.62. The molecule has 13 heavy (non-hydrogen) atoms. The Morgan fingerprint density at radius 1 is 1.15 bits per heavy atom. The van der Waals surface area contributed by atoms with Crippen molar-refractivity contribution in [3.63, 3.8) is 0 Å². The summed E-state index contributed by atoms with van der Waals surface area (Å²) in [7, 11) is 0. The number of alkyl halides is 2. The van der Waals surface area contributed by atoms with Gasteiger partial charge in [0.15, 0.2) is 0 Å². The third-order valence-corrected chi connectivity index (χ3v) is 2.01. The molecule has 0 aliphatic rings. The van der Waals surface area contributed by atoms with Crippen LogP contribution in [0.5, 0.6) is 0 Å². The molecule has 0 saturated heterocycles. The molecule has 72 valence electrons. The normalized spacial score (nSPS) is 10.3. The van der Waals surface area contributed by atoms with Gasteiger partial charge in [0.2, 0.25) is 0 Å². The Balaban J connectivity index is 2.79. The molecule has 0 aliphatic carbocycles. The van der Waals surface area contributed by atoms with Crippen LogP contribution in [-0.2, 0) is 12.8 Å². The summed E-state index contributed by atoms with van der Waals surface area (Å²) in [5.41, 5.74) is 7.96. The lowest BCUT2D eigenvalue weighted by Crippen LogP contribution is -2.04. The summed E-state index contributed by atoms with van der Waals surface area (Å²) in [6.45, 7) is 0. The van der Waals surface area contributed by atoms with Gasteiger partial charge in [-0.25, -0.2) is 0 Å². The van der Waals surface area contributed by atoms with Crippen LogP contribution in [0, 0.1) is 0 Å². The van der Waals surface area contributed by atoms with Crippen LogP contribution in [0.2, 0.25) is 0 Å². The monoisotopic (exact) mass is 219 g/mol. The fourth-order valence-corrected chi connectivity index (χ4v) is 1.35. The maximum absolute atomic E-state index is 5.73. The number of aryl methyl sites for hydroxylation is 2. The molecule has 0 saturated carbocycles. The van der Waals surface area contributed by atoms with Gasteiger partial charge in [0.05, 0.1) is 17.1 Å². The largest absolute Gasteiger partial charge is 0.397 e. The number of rotatable bonds is 4. The quantitative estimate of drug-likeness (QED) is 0.784. The molecule has 0 aliphatic heterocycles. The molecular weight excluding hydrogens is 209 g/mol. The van der Waals surface area contributed by atoms with Gasteiger partial charge in [-0.05, 0) is 6.07 Å². The molecular formula is C8H11Cl2N3. The summed E-state index contributed by atoms with van der Waals surface area (Å²) in [5.74, 6) is 1.04. The maximum atomic E-state index is 5.73. The van der Waals surface area contributed by atoms with Gasteiger partial charge in [-0.2, -0.15) is 10.2 Å². The number of hydrogen-bond donors (Lipinski definition) is 1. The first-order valence-corrected chi connectivity index (χ1v) is 5.07. The SMILES string of the molecule is Nc1cc(CCCl)nnc1CCCl. The van der Waals surface area contributed by atoms with Crippen molar-refractivity contribution in [2.45, 2.75) is 12.8 Å². The smallest absolute Gasteiger partial charge is 0.0871 e. The molecule has 0 unspecified atom stereocenters. The van der Waals surface area contributed by atoms with E-state index in [0.717, 1.165) is 11.4 Å². The van der Waals surface area contributed by atoms with E-state index < -0.39 is 0 Å². The summed E-state index contributed by atoms with van der Waals surface area (Å²) in [4.78, 5) is 0. The molecule has 1 rings (SSSR count). The van der Waals surface area contributed by atoms with Gasteiger partial charge >= 0.3 is 0 Å². The first-order valence-electron chi connectivity index (χ1n) is 4.00. The molecule has 0 atom stereocenters. The molecule has 0 radical (unpaired) electrons. The highest BCUT2D eigenvalue weighted by atomic mass is 35.5. The van der Waals surface area contributed by atoms with E-state index in [2.05, 4.69) is 10.2 Å². The van der Waals surface area contributed by atoms with Crippen LogP contribution in [0.4, 0.5) is 5.69 Å². The highest BCUT2D eigenvalue weighted by Crippen LogP contribution is 2.10. The van der Waals surface area contributed by atoms with Gasteiger partial charge in [-0.15, -0.1) is 23.2 Å². The first-order chi connectivity index (χ1) is 6.27. The Morgan fingerprint density at radius 3 is 2.38 bits per heavy atom. The number of anilines is 1. The van der Waals surface area contributed by atoms with Crippen molar-refractivity contribution in [2.75, 3.05) is 17.5 Å². The van der Waals surface area contributed by atoms with Crippen molar-refractivity contribution >= 4 is 28.9 Å². The summed E-state index contributed by atoms with van der Waals surface area (Å²) in [6.07, 6.45) is 1.35. The molecule has 1 aromatic rings. The van der Waals surface area contributed by atoms with Crippen molar-refractivity contribution in [1.29, 1.82) is 0 Å². The Bertz CT molecular complexity index is 278. The number of halogens is 2. The molecule has 0 amide bonds. The Labute approximate surface area is 87.2 Å². The zero-order valence-corrected chi connectivity index (χ0v) is 8.65. The molecule has 3 nitrogen and oxygen atoms in total. The summed E-state index contributed by atoms with van der Waals surface area (Å²) >= 11 is 11.1. The van der Waals surface area contributed by atoms with Gasteiger partial charge < -0.3 is 5.73 Å². The van der Waals surface area contributed by atoms with Gasteiger partial charge in [-0.1, -0.05) is 0 Å². The van der Waals surface area contributed by atoms with Gasteiger partial charge in [0.25, 0.3) is 0 Å². The van der Waals surface area contributed by atoms with E-state index in [1.165, 1.54) is 0 Å². The van der Waals surface area contributed by atoms with Crippen molar-refractivity contribution in [3.05, 3.63) is 17.5 Å². The number of nitrogens with two attached hydrogens (primary N) is 1. The predicted octanol–water partition coefficient (Wildman–Crippen LogP) is 1.62. The minimum Gasteiger partial charge on any atom is -0.397 e. The second kappa shape index (κ2) is 5.25. The summed E-state index contributed by atoms with van der Waals surface area (Å²) in [6, 6.07) is 1.80. The lowest BCUT2D eigenvalue weighted by atomic mass is 10.2. The third kappa shape index (κ3) is 3.01. The topological polar surface area (TPSA) is 51.8 Å². The van der Waals surface area contributed by atoms with Crippen molar-refractivity contribution < 1.29 is 0 Å². The second-order valence-corrected chi connectivity index (χ2v) is 3.37. The number of hydrogen-bond acceptors (Lipinski definition) is 3. The van der Waals surface area contributed by atoms with Crippen LogP contribution in [0.1, 0.15) is 11.4 Å². The van der Waals surface area contributed by atoms with Crippen LogP contribution < -0.4 is 5.73 Å². The van der Waals surface area contributed by atoms with E-state index in [-0.39, 0.29) is 0 Å². The molecule has 5 heteroatoms. The molecule has 0 bridgehead atoms.